The summed E-state index contributed by atoms with van der Waals surface area (Å²) in [6, 6.07) is 29.7. The molecule has 0 radical (unpaired) electrons. The summed E-state index contributed by atoms with van der Waals surface area (Å²) in [5, 5.41) is 2.98. The van der Waals surface area contributed by atoms with Crippen LogP contribution in [0.2, 0.25) is 0 Å². The van der Waals surface area contributed by atoms with Gasteiger partial charge in [0, 0.05) is 19.0 Å². The number of benzene rings is 4. The van der Waals surface area contributed by atoms with Gasteiger partial charge in [-0.15, -0.1) is 0 Å². The molecule has 8 heteroatoms. The molecule has 7 nitrogen and oxygen atoms in total. The average molecular weight is 612 g/mol. The van der Waals surface area contributed by atoms with E-state index in [1.165, 1.54) is 17.0 Å². The molecule has 0 spiro atoms. The lowest BCUT2D eigenvalue weighted by Gasteiger charge is -2.34. The summed E-state index contributed by atoms with van der Waals surface area (Å²) in [6.45, 7) is 9.24. The Morgan fingerprint density at radius 1 is 0.750 bits per heavy atom. The van der Waals surface area contributed by atoms with Crippen LogP contribution in [0.5, 0.6) is 0 Å². The highest BCUT2D eigenvalue weighted by molar-refractivity contribution is 7.92. The number of hydrogen-bond donors (Lipinski definition) is 1. The van der Waals surface area contributed by atoms with Crippen molar-refractivity contribution in [2.24, 2.45) is 0 Å². The molecule has 0 heterocycles. The summed E-state index contributed by atoms with van der Waals surface area (Å²) in [4.78, 5) is 29.9. The number of nitrogens with zero attached hydrogens (tertiary/aromatic N) is 2. The first kappa shape index (κ1) is 32.5. The zero-order valence-corrected chi connectivity index (χ0v) is 26.8. The first-order valence-corrected chi connectivity index (χ1v) is 16.2. The highest BCUT2D eigenvalue weighted by Gasteiger charge is 2.34. The molecular formula is C36H41N3O4S. The van der Waals surface area contributed by atoms with Gasteiger partial charge in [0.25, 0.3) is 10.0 Å². The summed E-state index contributed by atoms with van der Waals surface area (Å²) in [5.74, 6) is -0.781. The van der Waals surface area contributed by atoms with Crippen molar-refractivity contribution in [2.75, 3.05) is 10.8 Å². The van der Waals surface area contributed by atoms with Gasteiger partial charge in [-0.25, -0.2) is 8.42 Å². The number of sulfonamides is 1. The molecule has 4 aromatic carbocycles. The number of nitrogens with one attached hydrogen (secondary N) is 1. The predicted octanol–water partition coefficient (Wildman–Crippen LogP) is 5.97. The Kier molecular flexibility index (Phi) is 10.6. The molecule has 0 fully saturated rings. The van der Waals surface area contributed by atoms with E-state index in [0.29, 0.717) is 5.69 Å². The molecule has 0 saturated carbocycles. The van der Waals surface area contributed by atoms with Crippen molar-refractivity contribution < 1.29 is 18.0 Å². The molecule has 0 bridgehead atoms. The lowest BCUT2D eigenvalue weighted by Crippen LogP contribution is -2.54. The Bertz CT molecular complexity index is 1670. The van der Waals surface area contributed by atoms with E-state index in [1.807, 2.05) is 95.3 Å². The van der Waals surface area contributed by atoms with Crippen LogP contribution >= 0.6 is 0 Å². The zero-order valence-electron chi connectivity index (χ0n) is 26.0. The average Bonchev–Trinajstić information content (AvgIpc) is 3.00. The summed E-state index contributed by atoms with van der Waals surface area (Å²) in [7, 11) is -4.13. The third-order valence-corrected chi connectivity index (χ3v) is 9.35. The summed E-state index contributed by atoms with van der Waals surface area (Å²) in [5.41, 5.74) is 5.08. The van der Waals surface area contributed by atoms with Gasteiger partial charge in [0.1, 0.15) is 12.6 Å². The monoisotopic (exact) mass is 611 g/mol. The summed E-state index contributed by atoms with van der Waals surface area (Å²) < 4.78 is 29.4. The number of rotatable bonds is 12. The Hall–Kier alpha value is -4.43. The van der Waals surface area contributed by atoms with Gasteiger partial charge in [-0.1, -0.05) is 84.4 Å². The minimum atomic E-state index is -4.13. The predicted molar refractivity (Wildman–Crippen MR) is 176 cm³/mol. The molecule has 0 aliphatic rings. The van der Waals surface area contributed by atoms with Crippen LogP contribution in [0.25, 0.3) is 0 Å². The van der Waals surface area contributed by atoms with Crippen molar-refractivity contribution in [2.45, 2.75) is 64.6 Å². The van der Waals surface area contributed by atoms with E-state index in [0.717, 1.165) is 32.1 Å². The Balaban J connectivity index is 1.81. The fourth-order valence-electron chi connectivity index (χ4n) is 4.95. The van der Waals surface area contributed by atoms with E-state index in [9.17, 15) is 18.0 Å². The number of carbonyl (C=O) groups is 2. The second-order valence-corrected chi connectivity index (χ2v) is 13.3. The molecule has 1 N–H and O–H groups in total. The minimum absolute atomic E-state index is 0.0782. The minimum Gasteiger partial charge on any atom is -0.352 e. The van der Waals surface area contributed by atoms with Gasteiger partial charge in [0.2, 0.25) is 11.8 Å². The lowest BCUT2D eigenvalue weighted by molar-refractivity contribution is -0.140. The fourth-order valence-corrected chi connectivity index (χ4v) is 6.38. The molecule has 0 aromatic heterocycles. The maximum atomic E-state index is 14.5. The van der Waals surface area contributed by atoms with Gasteiger partial charge in [0.15, 0.2) is 0 Å². The Morgan fingerprint density at radius 2 is 1.36 bits per heavy atom. The summed E-state index contributed by atoms with van der Waals surface area (Å²) >= 11 is 0. The van der Waals surface area contributed by atoms with Crippen LogP contribution in [-0.4, -0.2) is 43.8 Å². The molecule has 1 atom stereocenters. The quantitative estimate of drug-likeness (QED) is 0.214. The number of carbonyl (C=O) groups excluding carboxylic acids is 2. The van der Waals surface area contributed by atoms with Crippen molar-refractivity contribution in [3.05, 3.63) is 131 Å². The maximum Gasteiger partial charge on any atom is 0.264 e. The van der Waals surface area contributed by atoms with Gasteiger partial charge in [-0.3, -0.25) is 13.9 Å². The van der Waals surface area contributed by atoms with Gasteiger partial charge >= 0.3 is 0 Å². The third kappa shape index (κ3) is 8.14. The molecule has 0 aliphatic carbocycles. The normalized spacial score (nSPS) is 12.0. The van der Waals surface area contributed by atoms with E-state index in [2.05, 4.69) is 5.32 Å². The number of aryl methyl sites for hydroxylation is 3. The Labute approximate surface area is 261 Å². The molecule has 4 rings (SSSR count). The Morgan fingerprint density at radius 3 is 1.95 bits per heavy atom. The third-order valence-electron chi connectivity index (χ3n) is 7.56. The first-order chi connectivity index (χ1) is 21.0. The van der Waals surface area contributed by atoms with E-state index >= 15 is 0 Å². The van der Waals surface area contributed by atoms with E-state index in [1.54, 1.807) is 30.3 Å². The summed E-state index contributed by atoms with van der Waals surface area (Å²) in [6.07, 6.45) is 0.270. The number of amides is 2. The molecule has 2 amide bonds. The first-order valence-electron chi connectivity index (χ1n) is 14.8. The largest absolute Gasteiger partial charge is 0.352 e. The van der Waals surface area contributed by atoms with Crippen molar-refractivity contribution in [3.8, 4) is 0 Å². The van der Waals surface area contributed by atoms with Gasteiger partial charge in [0.05, 0.1) is 10.6 Å². The molecule has 4 aromatic rings. The number of anilines is 1. The fraction of sp³-hybridized carbons (Fsp3) is 0.278. The van der Waals surface area contributed by atoms with Crippen LogP contribution in [0, 0.1) is 20.8 Å². The van der Waals surface area contributed by atoms with Crippen LogP contribution in [0.1, 0.15) is 41.7 Å². The smallest absolute Gasteiger partial charge is 0.264 e. The lowest BCUT2D eigenvalue weighted by atomic mass is 10.0. The second kappa shape index (κ2) is 14.4. The highest BCUT2D eigenvalue weighted by atomic mass is 32.2. The van der Waals surface area contributed by atoms with E-state index in [-0.39, 0.29) is 29.8 Å². The van der Waals surface area contributed by atoms with Crippen LogP contribution < -0.4 is 9.62 Å². The van der Waals surface area contributed by atoms with E-state index in [4.69, 9.17) is 0 Å². The maximum absolute atomic E-state index is 14.5. The zero-order chi connectivity index (χ0) is 31.9. The van der Waals surface area contributed by atoms with Crippen LogP contribution in [0.15, 0.2) is 108 Å². The number of hydrogen-bond acceptors (Lipinski definition) is 4. The van der Waals surface area contributed by atoms with Gasteiger partial charge in [-0.05, 0) is 81.1 Å². The highest BCUT2D eigenvalue weighted by Crippen LogP contribution is 2.27. The van der Waals surface area contributed by atoms with Gasteiger partial charge < -0.3 is 10.2 Å². The second-order valence-electron chi connectivity index (χ2n) is 11.5. The molecule has 0 unspecified atom stereocenters. The van der Waals surface area contributed by atoms with E-state index < -0.39 is 28.5 Å². The molecular weight excluding hydrogens is 570 g/mol. The topological polar surface area (TPSA) is 86.8 Å². The van der Waals surface area contributed by atoms with Crippen molar-refractivity contribution in [3.63, 3.8) is 0 Å². The molecule has 44 heavy (non-hydrogen) atoms. The molecule has 0 aliphatic heterocycles. The SMILES string of the molecule is Cc1ccc(CN(C(=O)CN(c2ccc(C)c(C)c2)S(=O)(=O)c2ccccc2)[C@@H](Cc2ccccc2)C(=O)NC(C)C)cc1. The van der Waals surface area contributed by atoms with Crippen LogP contribution in [0.4, 0.5) is 5.69 Å². The van der Waals surface area contributed by atoms with Crippen molar-refractivity contribution in [1.29, 1.82) is 0 Å². The van der Waals surface area contributed by atoms with Crippen LogP contribution in [0.3, 0.4) is 0 Å². The van der Waals surface area contributed by atoms with Crippen LogP contribution in [-0.2, 0) is 32.6 Å². The van der Waals surface area contributed by atoms with Crippen molar-refractivity contribution >= 4 is 27.5 Å². The molecule has 230 valence electrons. The van der Waals surface area contributed by atoms with Crippen molar-refractivity contribution in [1.82, 2.24) is 10.2 Å². The standard InChI is InChI=1S/C36H41N3O4S/c1-26(2)37-36(41)34(23-30-12-8-6-9-13-30)38(24-31-19-16-27(3)17-20-31)35(40)25-39(32-21-18-28(4)29(5)22-32)44(42,43)33-14-10-7-11-15-33/h6-22,26,34H,23-25H2,1-5H3,(H,37,41)/t34-/m0/s1. The van der Waals surface area contributed by atoms with Gasteiger partial charge in [-0.2, -0.15) is 0 Å². The molecule has 0 saturated heterocycles.